The molecule has 0 atom stereocenters. The Balaban J connectivity index is 2.35. The van der Waals surface area contributed by atoms with Gasteiger partial charge in [0.2, 0.25) is 0 Å². The highest BCUT2D eigenvalue weighted by molar-refractivity contribution is 5.90. The van der Waals surface area contributed by atoms with Gasteiger partial charge in [-0.1, -0.05) is 12.1 Å². The molecule has 0 radical (unpaired) electrons. The number of aromatic hydroxyl groups is 2. The molecule has 0 bridgehead atoms. The summed E-state index contributed by atoms with van der Waals surface area (Å²) >= 11 is 0. The maximum atomic E-state index is 12.3. The summed E-state index contributed by atoms with van der Waals surface area (Å²) < 4.78 is 5.71. The number of hydrogen-bond acceptors (Lipinski definition) is 4. The number of rotatable bonds is 1. The predicted octanol–water partition coefficient (Wildman–Crippen LogP) is 3.80. The molecule has 0 saturated carbocycles. The van der Waals surface area contributed by atoms with Gasteiger partial charge in [0.25, 0.3) is 0 Å². The van der Waals surface area contributed by atoms with E-state index in [1.54, 1.807) is 6.92 Å². The average Bonchev–Trinajstić information content (AvgIpc) is 2.47. The molecule has 2 aromatic carbocycles. The summed E-state index contributed by atoms with van der Waals surface area (Å²) in [6.45, 7) is 5.62. The highest BCUT2D eigenvalue weighted by Gasteiger charge is 2.16. The van der Waals surface area contributed by atoms with E-state index in [2.05, 4.69) is 0 Å². The Kier molecular flexibility index (Phi) is 3.17. The molecule has 112 valence electrons. The summed E-state index contributed by atoms with van der Waals surface area (Å²) in [6.07, 6.45) is 0. The molecule has 0 amide bonds. The van der Waals surface area contributed by atoms with Gasteiger partial charge in [-0.3, -0.25) is 4.79 Å². The zero-order valence-corrected chi connectivity index (χ0v) is 12.6. The molecule has 0 aliphatic rings. The summed E-state index contributed by atoms with van der Waals surface area (Å²) in [5, 5.41) is 20.1. The SMILES string of the molecule is Cc1ccc(-c2cc(=O)c3c(O)cc(C)c(O)c3o2)cc1C. The molecule has 0 unspecified atom stereocenters. The van der Waals surface area contributed by atoms with Gasteiger partial charge in [0.05, 0.1) is 0 Å². The molecule has 4 heteroatoms. The molecule has 3 rings (SSSR count). The second-order valence-corrected chi connectivity index (χ2v) is 5.54. The van der Waals surface area contributed by atoms with E-state index in [-0.39, 0.29) is 27.9 Å². The van der Waals surface area contributed by atoms with Crippen LogP contribution in [-0.2, 0) is 0 Å². The lowest BCUT2D eigenvalue weighted by Crippen LogP contribution is -2.01. The van der Waals surface area contributed by atoms with Crippen molar-refractivity contribution in [2.45, 2.75) is 20.8 Å². The van der Waals surface area contributed by atoms with Crippen molar-refractivity contribution in [2.75, 3.05) is 0 Å². The molecule has 3 aromatic rings. The van der Waals surface area contributed by atoms with Gasteiger partial charge in [-0.05, 0) is 49.6 Å². The van der Waals surface area contributed by atoms with E-state index in [4.69, 9.17) is 4.42 Å². The quantitative estimate of drug-likeness (QED) is 0.670. The molecule has 0 spiro atoms. The van der Waals surface area contributed by atoms with E-state index in [1.165, 1.54) is 12.1 Å². The van der Waals surface area contributed by atoms with Crippen molar-refractivity contribution in [1.82, 2.24) is 0 Å². The van der Waals surface area contributed by atoms with Crippen molar-refractivity contribution < 1.29 is 14.6 Å². The lowest BCUT2D eigenvalue weighted by molar-refractivity contribution is 0.451. The molecule has 1 heterocycles. The van der Waals surface area contributed by atoms with Crippen LogP contribution in [0.3, 0.4) is 0 Å². The van der Waals surface area contributed by atoms with Gasteiger partial charge in [-0.15, -0.1) is 0 Å². The normalized spacial score (nSPS) is 11.0. The summed E-state index contributed by atoms with van der Waals surface area (Å²) in [4.78, 5) is 12.3. The highest BCUT2D eigenvalue weighted by Crippen LogP contribution is 2.35. The third kappa shape index (κ3) is 2.13. The molecule has 4 nitrogen and oxygen atoms in total. The Morgan fingerprint density at radius 1 is 0.909 bits per heavy atom. The second-order valence-electron chi connectivity index (χ2n) is 5.54. The van der Waals surface area contributed by atoms with Crippen LogP contribution in [0, 0.1) is 20.8 Å². The Morgan fingerprint density at radius 3 is 2.32 bits per heavy atom. The summed E-state index contributed by atoms with van der Waals surface area (Å²) in [7, 11) is 0. The van der Waals surface area contributed by atoms with Crippen LogP contribution >= 0.6 is 0 Å². The Morgan fingerprint density at radius 2 is 1.64 bits per heavy atom. The van der Waals surface area contributed by atoms with E-state index in [1.807, 2.05) is 32.0 Å². The minimum Gasteiger partial charge on any atom is -0.507 e. The lowest BCUT2D eigenvalue weighted by atomic mass is 10.0. The number of aryl methyl sites for hydroxylation is 3. The third-order valence-electron chi connectivity index (χ3n) is 3.94. The van der Waals surface area contributed by atoms with Crippen LogP contribution in [0.15, 0.2) is 39.5 Å². The van der Waals surface area contributed by atoms with Crippen molar-refractivity contribution in [3.8, 4) is 22.8 Å². The monoisotopic (exact) mass is 296 g/mol. The Bertz CT molecular complexity index is 951. The zero-order chi connectivity index (χ0) is 16.0. The first-order chi connectivity index (χ1) is 10.4. The molecule has 0 saturated heterocycles. The van der Waals surface area contributed by atoms with Gasteiger partial charge >= 0.3 is 0 Å². The Labute approximate surface area is 127 Å². The molecule has 2 N–H and O–H groups in total. The fourth-order valence-corrected chi connectivity index (χ4v) is 2.46. The van der Waals surface area contributed by atoms with Gasteiger partial charge in [0.1, 0.15) is 16.9 Å². The first-order valence-electron chi connectivity index (χ1n) is 6.95. The van der Waals surface area contributed by atoms with Crippen molar-refractivity contribution in [2.24, 2.45) is 0 Å². The van der Waals surface area contributed by atoms with Crippen LogP contribution in [0.2, 0.25) is 0 Å². The van der Waals surface area contributed by atoms with Crippen molar-refractivity contribution in [1.29, 1.82) is 0 Å². The topological polar surface area (TPSA) is 70.7 Å². The first kappa shape index (κ1) is 14.2. The van der Waals surface area contributed by atoms with Crippen LogP contribution in [0.1, 0.15) is 16.7 Å². The Hall–Kier alpha value is -2.75. The minimum absolute atomic E-state index is 0.00400. The summed E-state index contributed by atoms with van der Waals surface area (Å²) in [5.41, 5.74) is 3.05. The predicted molar refractivity (Wildman–Crippen MR) is 85.5 cm³/mol. The van der Waals surface area contributed by atoms with Crippen LogP contribution in [0.5, 0.6) is 11.5 Å². The summed E-state index contributed by atoms with van der Waals surface area (Å²) in [6, 6.07) is 8.42. The van der Waals surface area contributed by atoms with E-state index in [0.717, 1.165) is 16.7 Å². The lowest BCUT2D eigenvalue weighted by Gasteiger charge is -2.09. The standard InChI is InChI=1S/C18H16O4/c1-9-4-5-12(6-10(9)2)15-8-14(20)16-13(19)7-11(3)17(21)18(16)22-15/h4-8,19,21H,1-3H3. The van der Waals surface area contributed by atoms with Gasteiger partial charge in [-0.25, -0.2) is 0 Å². The molecule has 0 aliphatic heterocycles. The number of benzene rings is 2. The molecule has 1 aromatic heterocycles. The van der Waals surface area contributed by atoms with Crippen molar-refractivity contribution >= 4 is 11.0 Å². The van der Waals surface area contributed by atoms with Crippen LogP contribution in [-0.4, -0.2) is 10.2 Å². The van der Waals surface area contributed by atoms with Gasteiger partial charge < -0.3 is 14.6 Å². The van der Waals surface area contributed by atoms with Crippen LogP contribution in [0.4, 0.5) is 0 Å². The first-order valence-corrected chi connectivity index (χ1v) is 6.95. The largest absolute Gasteiger partial charge is 0.507 e. The van der Waals surface area contributed by atoms with Gasteiger partial charge in [-0.2, -0.15) is 0 Å². The van der Waals surface area contributed by atoms with Gasteiger partial charge in [0, 0.05) is 11.6 Å². The smallest absolute Gasteiger partial charge is 0.197 e. The number of hydrogen-bond donors (Lipinski definition) is 2. The van der Waals surface area contributed by atoms with Crippen molar-refractivity contribution in [3.63, 3.8) is 0 Å². The maximum Gasteiger partial charge on any atom is 0.197 e. The van der Waals surface area contributed by atoms with E-state index in [9.17, 15) is 15.0 Å². The fraction of sp³-hybridized carbons (Fsp3) is 0.167. The second kappa shape index (κ2) is 4.91. The van der Waals surface area contributed by atoms with E-state index >= 15 is 0 Å². The maximum absolute atomic E-state index is 12.3. The molecule has 22 heavy (non-hydrogen) atoms. The van der Waals surface area contributed by atoms with Crippen LogP contribution in [0.25, 0.3) is 22.3 Å². The van der Waals surface area contributed by atoms with Crippen molar-refractivity contribution in [3.05, 3.63) is 57.2 Å². The zero-order valence-electron chi connectivity index (χ0n) is 12.6. The molecule has 0 fully saturated rings. The fourth-order valence-electron chi connectivity index (χ4n) is 2.46. The molecular formula is C18H16O4. The minimum atomic E-state index is -0.387. The average molecular weight is 296 g/mol. The summed E-state index contributed by atoms with van der Waals surface area (Å²) in [5.74, 6) is 0.0437. The molecular weight excluding hydrogens is 280 g/mol. The van der Waals surface area contributed by atoms with E-state index < -0.39 is 0 Å². The molecule has 0 aliphatic carbocycles. The van der Waals surface area contributed by atoms with Gasteiger partial charge in [0.15, 0.2) is 16.8 Å². The van der Waals surface area contributed by atoms with Crippen LogP contribution < -0.4 is 5.43 Å². The number of phenols is 2. The highest BCUT2D eigenvalue weighted by atomic mass is 16.4. The number of fused-ring (bicyclic) bond motifs is 1. The third-order valence-corrected chi connectivity index (χ3v) is 3.94. The number of phenolic OH excluding ortho intramolecular Hbond substituents is 2. The van der Waals surface area contributed by atoms with E-state index in [0.29, 0.717) is 11.3 Å².